The van der Waals surface area contributed by atoms with Crippen LogP contribution in [0.25, 0.3) is 0 Å². The van der Waals surface area contributed by atoms with Gasteiger partial charge in [-0.2, -0.15) is 0 Å². The Morgan fingerprint density at radius 1 is 1.00 bits per heavy atom. The van der Waals surface area contributed by atoms with Crippen LogP contribution in [0.2, 0.25) is 0 Å². The predicted molar refractivity (Wildman–Crippen MR) is 83.4 cm³/mol. The molecule has 0 radical (unpaired) electrons. The lowest BCUT2D eigenvalue weighted by atomic mass is 9.77. The number of piperidine rings is 1. The molecule has 1 N–H and O–H groups in total. The number of hydrogen-bond donors (Lipinski definition) is 1. The van der Waals surface area contributed by atoms with Gasteiger partial charge in [0.15, 0.2) is 0 Å². The fourth-order valence-electron chi connectivity index (χ4n) is 3.98. The summed E-state index contributed by atoms with van der Waals surface area (Å²) in [6, 6.07) is 0. The van der Waals surface area contributed by atoms with Gasteiger partial charge in [-0.25, -0.2) is 9.97 Å². The van der Waals surface area contributed by atoms with Crippen molar-refractivity contribution in [1.82, 2.24) is 9.97 Å². The summed E-state index contributed by atoms with van der Waals surface area (Å²) in [6.07, 6.45) is 8.45. The van der Waals surface area contributed by atoms with Crippen LogP contribution >= 0.6 is 0 Å². The number of hydrogen-bond acceptors (Lipinski definition) is 4. The summed E-state index contributed by atoms with van der Waals surface area (Å²) < 4.78 is 0. The van der Waals surface area contributed by atoms with Crippen molar-refractivity contribution in [3.63, 3.8) is 0 Å². The Hall–Kier alpha value is -1.32. The Bertz CT molecular complexity index is 481. The Labute approximate surface area is 122 Å². The molecule has 1 saturated heterocycles. The molecule has 1 aromatic rings. The predicted octanol–water partition coefficient (Wildman–Crippen LogP) is 3.30. The molecule has 4 nitrogen and oxygen atoms in total. The number of nitrogens with zero attached hydrogens (tertiary/aromatic N) is 3. The molecule has 20 heavy (non-hydrogen) atoms. The highest BCUT2D eigenvalue weighted by Crippen LogP contribution is 2.46. The normalized spacial score (nSPS) is 21.4. The van der Waals surface area contributed by atoms with E-state index in [1.807, 2.05) is 14.0 Å². The van der Waals surface area contributed by atoms with Gasteiger partial charge >= 0.3 is 0 Å². The molecule has 0 unspecified atom stereocenters. The average Bonchev–Trinajstić information content (AvgIpc) is 2.90. The summed E-state index contributed by atoms with van der Waals surface area (Å²) in [5.41, 5.74) is 1.85. The first-order valence-corrected chi connectivity index (χ1v) is 7.91. The maximum absolute atomic E-state index is 4.69. The van der Waals surface area contributed by atoms with Crippen LogP contribution in [-0.4, -0.2) is 30.1 Å². The highest BCUT2D eigenvalue weighted by molar-refractivity contribution is 5.58. The first-order valence-electron chi connectivity index (χ1n) is 7.91. The second-order valence-corrected chi connectivity index (χ2v) is 6.51. The third kappa shape index (κ3) is 2.36. The summed E-state index contributed by atoms with van der Waals surface area (Å²) in [4.78, 5) is 11.6. The van der Waals surface area contributed by atoms with Gasteiger partial charge in [-0.05, 0) is 44.9 Å². The Morgan fingerprint density at radius 3 is 2.25 bits per heavy atom. The van der Waals surface area contributed by atoms with Crippen molar-refractivity contribution < 1.29 is 0 Å². The summed E-state index contributed by atoms with van der Waals surface area (Å²) >= 11 is 0. The van der Waals surface area contributed by atoms with E-state index in [0.717, 1.165) is 30.5 Å². The minimum atomic E-state index is 0.665. The quantitative estimate of drug-likeness (QED) is 0.898. The highest BCUT2D eigenvalue weighted by atomic mass is 15.2. The maximum Gasteiger partial charge on any atom is 0.137 e. The van der Waals surface area contributed by atoms with Crippen LogP contribution in [0.15, 0.2) is 0 Å². The molecule has 0 bridgehead atoms. The lowest BCUT2D eigenvalue weighted by Crippen LogP contribution is -2.39. The minimum Gasteiger partial charge on any atom is -0.373 e. The monoisotopic (exact) mass is 274 g/mol. The van der Waals surface area contributed by atoms with Crippen LogP contribution in [0.1, 0.15) is 49.9 Å². The molecule has 2 heterocycles. The zero-order valence-electron chi connectivity index (χ0n) is 13.0. The fraction of sp³-hybridized carbons (Fsp3) is 0.750. The molecule has 4 heteroatoms. The van der Waals surface area contributed by atoms with Gasteiger partial charge < -0.3 is 10.2 Å². The van der Waals surface area contributed by atoms with Gasteiger partial charge in [0.25, 0.3) is 0 Å². The van der Waals surface area contributed by atoms with E-state index in [1.165, 1.54) is 44.1 Å². The smallest absolute Gasteiger partial charge is 0.137 e. The molecule has 110 valence electrons. The number of aromatic nitrogens is 2. The van der Waals surface area contributed by atoms with Crippen molar-refractivity contribution in [3.05, 3.63) is 11.4 Å². The first-order chi connectivity index (χ1) is 9.63. The van der Waals surface area contributed by atoms with E-state index >= 15 is 0 Å². The Balaban J connectivity index is 1.79. The van der Waals surface area contributed by atoms with Crippen LogP contribution in [0.5, 0.6) is 0 Å². The molecule has 3 rings (SSSR count). The molecule has 1 spiro atoms. The van der Waals surface area contributed by atoms with E-state index in [0.29, 0.717) is 5.41 Å². The summed E-state index contributed by atoms with van der Waals surface area (Å²) in [7, 11) is 1.93. The van der Waals surface area contributed by atoms with Crippen LogP contribution in [0.4, 0.5) is 11.6 Å². The van der Waals surface area contributed by atoms with Crippen molar-refractivity contribution in [2.75, 3.05) is 30.4 Å². The minimum absolute atomic E-state index is 0.665. The molecule has 0 amide bonds. The van der Waals surface area contributed by atoms with E-state index < -0.39 is 0 Å². The molecule has 1 aromatic heterocycles. The highest BCUT2D eigenvalue weighted by Gasteiger charge is 2.37. The number of nitrogens with one attached hydrogen (secondary N) is 1. The molecular weight excluding hydrogens is 248 g/mol. The topological polar surface area (TPSA) is 41.1 Å². The third-order valence-corrected chi connectivity index (χ3v) is 5.26. The Morgan fingerprint density at radius 2 is 1.65 bits per heavy atom. The van der Waals surface area contributed by atoms with E-state index in [2.05, 4.69) is 22.1 Å². The van der Waals surface area contributed by atoms with Crippen molar-refractivity contribution in [3.8, 4) is 0 Å². The average molecular weight is 274 g/mol. The van der Waals surface area contributed by atoms with Gasteiger partial charge in [-0.15, -0.1) is 0 Å². The first kappa shape index (κ1) is 13.7. The second-order valence-electron chi connectivity index (χ2n) is 6.51. The summed E-state index contributed by atoms with van der Waals surface area (Å²) in [6.45, 7) is 6.41. The zero-order valence-corrected chi connectivity index (χ0v) is 13.0. The molecular formula is C16H26N4. The van der Waals surface area contributed by atoms with Crippen molar-refractivity contribution in [2.45, 2.75) is 52.4 Å². The van der Waals surface area contributed by atoms with Gasteiger partial charge in [0.05, 0.1) is 0 Å². The molecule has 2 fully saturated rings. The Kier molecular flexibility index (Phi) is 3.57. The largest absolute Gasteiger partial charge is 0.373 e. The summed E-state index contributed by atoms with van der Waals surface area (Å²) in [5, 5.41) is 3.19. The van der Waals surface area contributed by atoms with Crippen LogP contribution in [0.3, 0.4) is 0 Å². The molecule has 2 aliphatic rings. The summed E-state index contributed by atoms with van der Waals surface area (Å²) in [5.74, 6) is 2.96. The van der Waals surface area contributed by atoms with Crippen LogP contribution in [0, 0.1) is 19.3 Å². The van der Waals surface area contributed by atoms with Crippen molar-refractivity contribution in [1.29, 1.82) is 0 Å². The van der Waals surface area contributed by atoms with E-state index in [4.69, 9.17) is 4.98 Å². The van der Waals surface area contributed by atoms with Gasteiger partial charge in [0.1, 0.15) is 17.5 Å². The van der Waals surface area contributed by atoms with Gasteiger partial charge in [-0.1, -0.05) is 12.8 Å². The molecule has 1 aliphatic carbocycles. The van der Waals surface area contributed by atoms with E-state index in [-0.39, 0.29) is 0 Å². The number of aryl methyl sites for hydroxylation is 1. The number of anilines is 2. The lowest BCUT2D eigenvalue weighted by molar-refractivity contribution is 0.226. The van der Waals surface area contributed by atoms with Crippen LogP contribution in [-0.2, 0) is 0 Å². The SMILES string of the molecule is CNc1nc(C)nc(N2CCC3(CCCC3)CC2)c1C. The van der Waals surface area contributed by atoms with E-state index in [1.54, 1.807) is 0 Å². The van der Waals surface area contributed by atoms with Crippen LogP contribution < -0.4 is 10.2 Å². The van der Waals surface area contributed by atoms with Gasteiger partial charge in [0.2, 0.25) is 0 Å². The number of rotatable bonds is 2. The fourth-order valence-corrected chi connectivity index (χ4v) is 3.98. The zero-order chi connectivity index (χ0) is 14.2. The lowest BCUT2D eigenvalue weighted by Gasteiger charge is -2.40. The van der Waals surface area contributed by atoms with Crippen molar-refractivity contribution in [2.24, 2.45) is 5.41 Å². The molecule has 1 saturated carbocycles. The van der Waals surface area contributed by atoms with E-state index in [9.17, 15) is 0 Å². The molecule has 0 aromatic carbocycles. The molecule has 0 atom stereocenters. The molecule has 1 aliphatic heterocycles. The standard InChI is InChI=1S/C16H26N4/c1-12-14(17-3)18-13(2)19-15(12)20-10-8-16(9-11-20)6-4-5-7-16/h4-11H2,1-3H3,(H,17,18,19). The van der Waals surface area contributed by atoms with Gasteiger partial charge in [-0.3, -0.25) is 0 Å². The second kappa shape index (κ2) is 5.23. The van der Waals surface area contributed by atoms with Crippen molar-refractivity contribution >= 4 is 11.6 Å². The maximum atomic E-state index is 4.69. The van der Waals surface area contributed by atoms with Gasteiger partial charge in [0, 0.05) is 25.7 Å². The third-order valence-electron chi connectivity index (χ3n) is 5.26.